The van der Waals surface area contributed by atoms with Crippen LogP contribution in [-0.4, -0.2) is 35.0 Å². The summed E-state index contributed by atoms with van der Waals surface area (Å²) in [5, 5.41) is 8.79. The van der Waals surface area contributed by atoms with Gasteiger partial charge in [0.25, 0.3) is 0 Å². The van der Waals surface area contributed by atoms with E-state index < -0.39 is 11.9 Å². The number of nitrogens with zero attached hydrogens (tertiary/aromatic N) is 1. The van der Waals surface area contributed by atoms with Gasteiger partial charge in [-0.1, -0.05) is 0 Å². The molecule has 1 saturated heterocycles. The molecule has 4 nitrogen and oxygen atoms in total. The zero-order chi connectivity index (χ0) is 10.6. The number of likely N-dealkylation sites (tertiary alicyclic amines) is 1. The monoisotopic (exact) mass is 195 g/mol. The van der Waals surface area contributed by atoms with Crippen molar-refractivity contribution in [3.05, 3.63) is 0 Å². The van der Waals surface area contributed by atoms with Gasteiger partial charge in [0.05, 0.1) is 5.92 Å². The molecule has 0 spiro atoms. The summed E-state index contributed by atoms with van der Waals surface area (Å²) < 4.78 is 0. The van der Waals surface area contributed by atoms with Gasteiger partial charge < -0.3 is 10.0 Å². The first kappa shape index (κ1) is 10.6. The van der Waals surface area contributed by atoms with Crippen LogP contribution in [0.15, 0.2) is 0 Å². The van der Waals surface area contributed by atoms with E-state index in [0.29, 0.717) is 32.4 Å². The molecule has 14 heavy (non-hydrogen) atoms. The number of aliphatic carboxylic acids is 1. The molecule has 4 heteroatoms. The summed E-state index contributed by atoms with van der Waals surface area (Å²) in [6.07, 6.45) is 6.33. The van der Waals surface area contributed by atoms with Crippen LogP contribution in [0.3, 0.4) is 0 Å². The summed E-state index contributed by atoms with van der Waals surface area (Å²) in [4.78, 5) is 23.6. The number of hydrogen-bond donors (Lipinski definition) is 1. The highest BCUT2D eigenvalue weighted by Crippen LogP contribution is 2.17. The number of amides is 1. The Balaban J connectivity index is 2.51. The maximum atomic E-state index is 11.3. The van der Waals surface area contributed by atoms with Crippen LogP contribution >= 0.6 is 0 Å². The van der Waals surface area contributed by atoms with Gasteiger partial charge >= 0.3 is 5.97 Å². The van der Waals surface area contributed by atoms with Crippen LogP contribution in [0.2, 0.25) is 0 Å². The predicted molar refractivity (Wildman–Crippen MR) is 50.4 cm³/mol. The summed E-state index contributed by atoms with van der Waals surface area (Å²) in [6.45, 7) is 0.773. The molecule has 1 atom stereocenters. The largest absolute Gasteiger partial charge is 0.481 e. The van der Waals surface area contributed by atoms with Crippen LogP contribution < -0.4 is 0 Å². The van der Waals surface area contributed by atoms with Gasteiger partial charge in [-0.3, -0.25) is 9.59 Å². The van der Waals surface area contributed by atoms with Gasteiger partial charge in [-0.05, 0) is 6.42 Å². The van der Waals surface area contributed by atoms with E-state index in [-0.39, 0.29) is 5.91 Å². The van der Waals surface area contributed by atoms with Crippen molar-refractivity contribution in [2.24, 2.45) is 5.92 Å². The van der Waals surface area contributed by atoms with Gasteiger partial charge in [0, 0.05) is 25.9 Å². The van der Waals surface area contributed by atoms with Crippen molar-refractivity contribution in [1.82, 2.24) is 4.90 Å². The second-order valence-electron chi connectivity index (χ2n) is 3.37. The van der Waals surface area contributed by atoms with Crippen molar-refractivity contribution in [2.45, 2.75) is 19.3 Å². The number of carboxylic acids is 1. The normalized spacial score (nSPS) is 21.8. The minimum atomic E-state index is -0.830. The molecule has 0 aliphatic carbocycles. The Labute approximate surface area is 82.9 Å². The molecule has 1 rings (SSSR count). The van der Waals surface area contributed by atoms with Crippen molar-refractivity contribution < 1.29 is 14.7 Å². The zero-order valence-electron chi connectivity index (χ0n) is 7.90. The molecule has 0 aromatic rings. The highest BCUT2D eigenvalue weighted by molar-refractivity contribution is 5.80. The first-order valence-electron chi connectivity index (χ1n) is 4.59. The van der Waals surface area contributed by atoms with Crippen LogP contribution in [0.1, 0.15) is 19.3 Å². The van der Waals surface area contributed by atoms with E-state index in [1.54, 1.807) is 4.90 Å². The second-order valence-corrected chi connectivity index (χ2v) is 3.37. The number of terminal acetylenes is 1. The number of carboxylic acid groups (broad SMARTS) is 1. The lowest BCUT2D eigenvalue weighted by Gasteiger charge is -2.30. The summed E-state index contributed by atoms with van der Waals surface area (Å²) in [5.41, 5.74) is 0. The molecule has 1 aliphatic rings. The van der Waals surface area contributed by atoms with Crippen molar-refractivity contribution in [3.63, 3.8) is 0 Å². The molecule has 1 N–H and O–H groups in total. The molecule has 1 amide bonds. The Hall–Kier alpha value is -1.50. The molecule has 0 aromatic heterocycles. The molecule has 0 radical (unpaired) electrons. The average molecular weight is 195 g/mol. The van der Waals surface area contributed by atoms with Crippen LogP contribution in [-0.2, 0) is 9.59 Å². The third-order valence-electron chi connectivity index (χ3n) is 2.38. The first-order chi connectivity index (χ1) is 6.65. The van der Waals surface area contributed by atoms with Gasteiger partial charge in [0.1, 0.15) is 0 Å². The van der Waals surface area contributed by atoms with E-state index in [9.17, 15) is 9.59 Å². The average Bonchev–Trinajstić information content (AvgIpc) is 2.16. The van der Waals surface area contributed by atoms with Crippen molar-refractivity contribution in [1.29, 1.82) is 0 Å². The Morgan fingerprint density at radius 1 is 1.71 bits per heavy atom. The third kappa shape index (κ3) is 2.49. The maximum Gasteiger partial charge on any atom is 0.308 e. The standard InChI is InChI=1S/C10H13NO3/c1-2-3-6-11-7-8(10(13)14)4-5-9(11)12/h1,8H,3-7H2,(H,13,14). The van der Waals surface area contributed by atoms with Gasteiger partial charge in [0.15, 0.2) is 0 Å². The molecule has 0 saturated carbocycles. The van der Waals surface area contributed by atoms with Gasteiger partial charge in [-0.25, -0.2) is 0 Å². The summed E-state index contributed by atoms with van der Waals surface area (Å²) in [5.74, 6) is 1.19. The van der Waals surface area contributed by atoms with Crippen molar-refractivity contribution in [3.8, 4) is 12.3 Å². The molecule has 1 fully saturated rings. The molecule has 1 heterocycles. The van der Waals surface area contributed by atoms with E-state index >= 15 is 0 Å². The molecule has 76 valence electrons. The van der Waals surface area contributed by atoms with Crippen molar-refractivity contribution in [2.75, 3.05) is 13.1 Å². The summed E-state index contributed by atoms with van der Waals surface area (Å²) in [6, 6.07) is 0. The fourth-order valence-corrected chi connectivity index (χ4v) is 1.53. The second kappa shape index (κ2) is 4.66. The zero-order valence-corrected chi connectivity index (χ0v) is 7.90. The van der Waals surface area contributed by atoms with E-state index in [1.165, 1.54) is 0 Å². The minimum absolute atomic E-state index is 0.0118. The Morgan fingerprint density at radius 2 is 2.43 bits per heavy atom. The molecular formula is C10H13NO3. The molecule has 1 aliphatic heterocycles. The molecular weight excluding hydrogens is 182 g/mol. The number of carbonyl (C=O) groups excluding carboxylic acids is 1. The van der Waals surface area contributed by atoms with Crippen LogP contribution in [0.25, 0.3) is 0 Å². The Bertz CT molecular complexity index is 280. The van der Waals surface area contributed by atoms with E-state index in [4.69, 9.17) is 11.5 Å². The van der Waals surface area contributed by atoms with Gasteiger partial charge in [-0.15, -0.1) is 12.3 Å². The number of carbonyl (C=O) groups is 2. The highest BCUT2D eigenvalue weighted by Gasteiger charge is 2.29. The van der Waals surface area contributed by atoms with E-state index in [0.717, 1.165) is 0 Å². The maximum absolute atomic E-state index is 11.3. The van der Waals surface area contributed by atoms with Crippen molar-refractivity contribution >= 4 is 11.9 Å². The SMILES string of the molecule is C#CCCN1CC(C(=O)O)CCC1=O. The number of rotatable bonds is 3. The third-order valence-corrected chi connectivity index (χ3v) is 2.38. The van der Waals surface area contributed by atoms with Gasteiger partial charge in [0.2, 0.25) is 5.91 Å². The first-order valence-corrected chi connectivity index (χ1v) is 4.59. The summed E-state index contributed by atoms with van der Waals surface area (Å²) >= 11 is 0. The van der Waals surface area contributed by atoms with E-state index in [1.807, 2.05) is 0 Å². The quantitative estimate of drug-likeness (QED) is 0.660. The molecule has 1 unspecified atom stereocenters. The highest BCUT2D eigenvalue weighted by atomic mass is 16.4. The minimum Gasteiger partial charge on any atom is -0.481 e. The van der Waals surface area contributed by atoms with Crippen LogP contribution in [0.5, 0.6) is 0 Å². The fraction of sp³-hybridized carbons (Fsp3) is 0.600. The summed E-state index contributed by atoms with van der Waals surface area (Å²) in [7, 11) is 0. The lowest BCUT2D eigenvalue weighted by atomic mass is 9.98. The predicted octanol–water partition coefficient (Wildman–Crippen LogP) is 0.333. The van der Waals surface area contributed by atoms with Crippen LogP contribution in [0, 0.1) is 18.3 Å². The smallest absolute Gasteiger partial charge is 0.308 e. The topological polar surface area (TPSA) is 57.6 Å². The molecule has 0 aromatic carbocycles. The lowest BCUT2D eigenvalue weighted by molar-refractivity contribution is -0.147. The Kier molecular flexibility index (Phi) is 3.52. The van der Waals surface area contributed by atoms with E-state index in [2.05, 4.69) is 5.92 Å². The number of piperidine rings is 1. The molecule has 0 bridgehead atoms. The lowest BCUT2D eigenvalue weighted by Crippen LogP contribution is -2.42. The number of hydrogen-bond acceptors (Lipinski definition) is 2. The Morgan fingerprint density at radius 3 is 3.00 bits per heavy atom. The van der Waals surface area contributed by atoms with Gasteiger partial charge in [-0.2, -0.15) is 0 Å². The van der Waals surface area contributed by atoms with Crippen LogP contribution in [0.4, 0.5) is 0 Å². The fourth-order valence-electron chi connectivity index (χ4n) is 1.53.